The molecule has 0 aliphatic heterocycles. The van der Waals surface area contributed by atoms with Crippen LogP contribution < -0.4 is 5.30 Å². The molecule has 0 fully saturated rings. The lowest BCUT2D eigenvalue weighted by Crippen LogP contribution is -2.11. The summed E-state index contributed by atoms with van der Waals surface area (Å²) in [5, 5.41) is 0.691. The summed E-state index contributed by atoms with van der Waals surface area (Å²) in [7, 11) is 0. The molecule has 0 aliphatic carbocycles. The van der Waals surface area contributed by atoms with Crippen LogP contribution in [0.25, 0.3) is 0 Å². The largest absolute Gasteiger partial charge is 0.368 e. The first-order valence-corrected chi connectivity index (χ1v) is 7.99. The summed E-state index contributed by atoms with van der Waals surface area (Å²) in [6, 6.07) is 5.84. The van der Waals surface area contributed by atoms with Crippen LogP contribution in [0.4, 0.5) is 0 Å². The highest BCUT2D eigenvalue weighted by Gasteiger charge is 2.38. The van der Waals surface area contributed by atoms with Crippen molar-refractivity contribution in [3.63, 3.8) is 0 Å². The Labute approximate surface area is 95.0 Å². The van der Waals surface area contributed by atoms with Crippen LogP contribution in [-0.2, 0) is 0 Å². The van der Waals surface area contributed by atoms with Crippen molar-refractivity contribution in [2.75, 3.05) is 0 Å². The molecule has 0 saturated heterocycles. The second-order valence-electron chi connectivity index (χ2n) is 3.70. The first-order chi connectivity index (χ1) is 6.32. The normalized spacial score (nSPS) is 12.2. The lowest BCUT2D eigenvalue weighted by molar-refractivity contribution is 0.643. The van der Waals surface area contributed by atoms with Gasteiger partial charge in [-0.1, -0.05) is 26.0 Å². The molecule has 0 atom stereocenters. The fraction of sp³-hybridized carbons (Fsp3) is 0.400. The Morgan fingerprint density at radius 2 is 1.86 bits per heavy atom. The summed E-state index contributed by atoms with van der Waals surface area (Å²) in [5.41, 5.74) is 2.08. The van der Waals surface area contributed by atoms with Gasteiger partial charge in [0.1, 0.15) is 22.5 Å². The van der Waals surface area contributed by atoms with Crippen LogP contribution >= 0.6 is 28.7 Å². The molecule has 14 heavy (non-hydrogen) atoms. The molecule has 0 aromatic heterocycles. The molecule has 1 aromatic carbocycles. The number of hydrogen-bond donors (Lipinski definition) is 1. The highest BCUT2D eigenvalue weighted by molar-refractivity contribution is 8.18. The third kappa shape index (κ3) is 2.84. The Hall–Kier alpha value is 0.190. The molecule has 1 aromatic rings. The lowest BCUT2D eigenvalue weighted by atomic mass is 10.0. The van der Waals surface area contributed by atoms with Crippen molar-refractivity contribution >= 4 is 34.0 Å². The van der Waals surface area contributed by atoms with Crippen LogP contribution in [0, 0.1) is 6.92 Å². The molecule has 0 saturated carbocycles. The minimum Gasteiger partial charge on any atom is -0.210 e. The molecular formula is C10H14Cl2OP+. The van der Waals surface area contributed by atoms with Gasteiger partial charge < -0.3 is 0 Å². The van der Waals surface area contributed by atoms with Crippen molar-refractivity contribution in [2.24, 2.45) is 0 Å². The zero-order chi connectivity index (χ0) is 10.9. The maximum Gasteiger partial charge on any atom is 0.368 e. The summed E-state index contributed by atoms with van der Waals surface area (Å²) in [6.07, 6.45) is -2.94. The van der Waals surface area contributed by atoms with E-state index in [4.69, 9.17) is 22.5 Å². The maximum absolute atomic E-state index is 9.69. The Morgan fingerprint density at radius 3 is 2.29 bits per heavy atom. The number of rotatable bonds is 2. The summed E-state index contributed by atoms with van der Waals surface area (Å²) in [5.74, 6) is 0.314. The minimum atomic E-state index is -2.94. The first kappa shape index (κ1) is 12.3. The number of hydrogen-bond acceptors (Lipinski definition) is 1. The predicted octanol–water partition coefficient (Wildman–Crippen LogP) is 3.98. The molecule has 4 heteroatoms. The first-order valence-electron chi connectivity index (χ1n) is 4.44. The van der Waals surface area contributed by atoms with E-state index in [9.17, 15) is 4.89 Å². The summed E-state index contributed by atoms with van der Waals surface area (Å²) >= 11 is 11.6. The van der Waals surface area contributed by atoms with Crippen molar-refractivity contribution in [1.29, 1.82) is 0 Å². The van der Waals surface area contributed by atoms with Gasteiger partial charge in [-0.15, -0.1) is 0 Å². The molecule has 0 radical (unpaired) electrons. The molecule has 1 nitrogen and oxygen atoms in total. The van der Waals surface area contributed by atoms with E-state index in [0.29, 0.717) is 11.2 Å². The van der Waals surface area contributed by atoms with Gasteiger partial charge in [0.2, 0.25) is 0 Å². The Balaban J connectivity index is 3.30. The van der Waals surface area contributed by atoms with Gasteiger partial charge in [-0.2, -0.15) is 0 Å². The van der Waals surface area contributed by atoms with Crippen molar-refractivity contribution < 1.29 is 4.89 Å². The van der Waals surface area contributed by atoms with E-state index >= 15 is 0 Å². The van der Waals surface area contributed by atoms with Crippen LogP contribution in [0.2, 0.25) is 0 Å². The SMILES string of the molecule is Cc1ccc(C(C)C)c([P+](O)(Cl)Cl)c1. The van der Waals surface area contributed by atoms with Crippen LogP contribution in [0.15, 0.2) is 18.2 Å². The van der Waals surface area contributed by atoms with Crippen LogP contribution in [0.1, 0.15) is 30.9 Å². The van der Waals surface area contributed by atoms with E-state index < -0.39 is 6.19 Å². The Kier molecular flexibility index (Phi) is 3.82. The van der Waals surface area contributed by atoms with Crippen LogP contribution in [-0.4, -0.2) is 4.89 Å². The molecule has 78 valence electrons. The molecule has 0 aliphatic rings. The van der Waals surface area contributed by atoms with Crippen molar-refractivity contribution in [1.82, 2.24) is 0 Å². The monoisotopic (exact) mass is 251 g/mol. The van der Waals surface area contributed by atoms with Gasteiger partial charge in [0.15, 0.2) is 5.30 Å². The molecule has 1 N–H and O–H groups in total. The number of benzene rings is 1. The standard InChI is InChI=1S/C10H14Cl2OP/c1-7(2)9-5-4-8(3)6-10(9)14(11,12)13/h4-7,13H,1-3H3/q+1. The van der Waals surface area contributed by atoms with E-state index in [1.165, 1.54) is 0 Å². The van der Waals surface area contributed by atoms with Gasteiger partial charge in [-0.25, -0.2) is 4.89 Å². The van der Waals surface area contributed by atoms with Gasteiger partial charge in [0.25, 0.3) is 0 Å². The summed E-state index contributed by atoms with van der Waals surface area (Å²) in [6.45, 7) is 6.06. The average Bonchev–Trinajstić information content (AvgIpc) is 2.01. The summed E-state index contributed by atoms with van der Waals surface area (Å²) < 4.78 is 0. The van der Waals surface area contributed by atoms with Crippen molar-refractivity contribution in [3.8, 4) is 0 Å². The van der Waals surface area contributed by atoms with Gasteiger partial charge in [0, 0.05) is 5.56 Å². The molecule has 0 unspecified atom stereocenters. The van der Waals surface area contributed by atoms with Crippen molar-refractivity contribution in [2.45, 2.75) is 26.7 Å². The molecule has 0 amide bonds. The summed E-state index contributed by atoms with van der Waals surface area (Å²) in [4.78, 5) is 9.69. The quantitative estimate of drug-likeness (QED) is 0.789. The zero-order valence-electron chi connectivity index (χ0n) is 8.46. The predicted molar refractivity (Wildman–Crippen MR) is 65.7 cm³/mol. The Morgan fingerprint density at radius 1 is 1.29 bits per heavy atom. The number of aryl methyl sites for hydroxylation is 1. The second-order valence-corrected chi connectivity index (χ2v) is 8.61. The third-order valence-corrected chi connectivity index (χ3v) is 4.16. The van der Waals surface area contributed by atoms with Crippen LogP contribution in [0.3, 0.4) is 0 Å². The molecule has 0 spiro atoms. The minimum absolute atomic E-state index is 0.314. The second kappa shape index (κ2) is 4.37. The van der Waals surface area contributed by atoms with E-state index in [2.05, 4.69) is 13.8 Å². The lowest BCUT2D eigenvalue weighted by Gasteiger charge is -2.12. The third-order valence-electron chi connectivity index (χ3n) is 2.10. The van der Waals surface area contributed by atoms with E-state index in [-0.39, 0.29) is 0 Å². The van der Waals surface area contributed by atoms with E-state index in [0.717, 1.165) is 11.1 Å². The van der Waals surface area contributed by atoms with E-state index in [1.807, 2.05) is 25.1 Å². The maximum atomic E-state index is 9.69. The van der Waals surface area contributed by atoms with Gasteiger partial charge in [0.05, 0.1) is 0 Å². The zero-order valence-corrected chi connectivity index (χ0v) is 10.9. The molecular weight excluding hydrogens is 238 g/mol. The number of halogens is 2. The fourth-order valence-corrected chi connectivity index (χ4v) is 3.26. The highest BCUT2D eigenvalue weighted by Crippen LogP contribution is 2.64. The van der Waals surface area contributed by atoms with Gasteiger partial charge in [-0.05, 0) is 24.5 Å². The Bertz CT molecular complexity index is 331. The molecule has 1 rings (SSSR count). The molecule has 0 heterocycles. The topological polar surface area (TPSA) is 20.2 Å². The fourth-order valence-electron chi connectivity index (χ4n) is 1.37. The van der Waals surface area contributed by atoms with Crippen LogP contribution in [0.5, 0.6) is 0 Å². The van der Waals surface area contributed by atoms with Gasteiger partial charge >= 0.3 is 6.19 Å². The highest BCUT2D eigenvalue weighted by atomic mass is 35.9. The smallest absolute Gasteiger partial charge is 0.210 e. The van der Waals surface area contributed by atoms with Gasteiger partial charge in [-0.3, -0.25) is 0 Å². The van der Waals surface area contributed by atoms with E-state index in [1.54, 1.807) is 0 Å². The van der Waals surface area contributed by atoms with Crippen molar-refractivity contribution in [3.05, 3.63) is 29.3 Å². The average molecular weight is 252 g/mol. The molecule has 0 bridgehead atoms.